The molecule has 0 bridgehead atoms. The quantitative estimate of drug-likeness (QED) is 0.302. The Bertz CT molecular complexity index is 1410. The summed E-state index contributed by atoms with van der Waals surface area (Å²) in [6.07, 6.45) is -0.659. The Balaban J connectivity index is 1.24. The van der Waals surface area contributed by atoms with Gasteiger partial charge in [-0.25, -0.2) is 4.79 Å². The molecule has 0 radical (unpaired) electrons. The van der Waals surface area contributed by atoms with E-state index < -0.39 is 29.4 Å². The average molecular weight is 586 g/mol. The molecule has 0 spiro atoms. The predicted octanol–water partition coefficient (Wildman–Crippen LogP) is 3.34. The molecule has 2 amide bonds. The third-order valence-corrected chi connectivity index (χ3v) is 8.66. The van der Waals surface area contributed by atoms with Crippen molar-refractivity contribution in [3.8, 4) is 5.75 Å². The lowest BCUT2D eigenvalue weighted by Crippen LogP contribution is -2.71. The second-order valence-corrected chi connectivity index (χ2v) is 11.2. The maximum Gasteiger partial charge on any atom is 0.357 e. The standard InChI is InChI=1S/C32H31N3O6S/c36-26(20-40-24-14-8-3-9-15-24)33-27-30(37)35-28(25(21-42-31(27)35)34-16-18-39-19-17-34)32(38)41-29(22-10-4-1-5-11-22)23-12-6-2-7-13-23/h1-15,27,29,31H,16-21H2,(H,33,36)/t27-,31-/m1/s1. The molecule has 6 rings (SSSR count). The Kier molecular flexibility index (Phi) is 8.43. The smallest absolute Gasteiger partial charge is 0.357 e. The van der Waals surface area contributed by atoms with Crippen LogP contribution in [0.1, 0.15) is 17.2 Å². The van der Waals surface area contributed by atoms with E-state index in [2.05, 4.69) is 10.2 Å². The summed E-state index contributed by atoms with van der Waals surface area (Å²) in [5.41, 5.74) is 2.63. The number of amides is 2. The normalized spacial score (nSPS) is 20.1. The first-order valence-corrected chi connectivity index (χ1v) is 14.9. The van der Waals surface area contributed by atoms with Gasteiger partial charge in [-0.1, -0.05) is 78.9 Å². The summed E-state index contributed by atoms with van der Waals surface area (Å²) >= 11 is 1.52. The molecule has 3 heterocycles. The van der Waals surface area contributed by atoms with Crippen molar-refractivity contribution in [2.24, 2.45) is 0 Å². The third-order valence-electron chi connectivity index (χ3n) is 7.39. The molecule has 10 heteroatoms. The lowest BCUT2D eigenvalue weighted by atomic mass is 10.0. The van der Waals surface area contributed by atoms with Crippen molar-refractivity contribution in [3.05, 3.63) is 114 Å². The van der Waals surface area contributed by atoms with E-state index in [1.807, 2.05) is 78.9 Å². The van der Waals surface area contributed by atoms with Crippen LogP contribution in [-0.4, -0.2) is 77.7 Å². The topological polar surface area (TPSA) is 97.4 Å². The van der Waals surface area contributed by atoms with Gasteiger partial charge in [-0.05, 0) is 23.3 Å². The molecular weight excluding hydrogens is 554 g/mol. The van der Waals surface area contributed by atoms with E-state index in [0.717, 1.165) is 16.8 Å². The van der Waals surface area contributed by atoms with Gasteiger partial charge >= 0.3 is 5.97 Å². The molecule has 0 unspecified atom stereocenters. The summed E-state index contributed by atoms with van der Waals surface area (Å²) in [6, 6.07) is 27.3. The van der Waals surface area contributed by atoms with E-state index in [0.29, 0.717) is 37.8 Å². The summed E-state index contributed by atoms with van der Waals surface area (Å²) in [5, 5.41) is 2.36. The van der Waals surface area contributed by atoms with Crippen LogP contribution < -0.4 is 10.1 Å². The molecule has 42 heavy (non-hydrogen) atoms. The Labute approximate surface area is 248 Å². The van der Waals surface area contributed by atoms with Gasteiger partial charge in [0.05, 0.1) is 18.9 Å². The van der Waals surface area contributed by atoms with Gasteiger partial charge in [-0.3, -0.25) is 14.5 Å². The van der Waals surface area contributed by atoms with Crippen molar-refractivity contribution in [2.45, 2.75) is 17.5 Å². The van der Waals surface area contributed by atoms with E-state index in [-0.39, 0.29) is 18.2 Å². The number of thioether (sulfide) groups is 1. The number of fused-ring (bicyclic) bond motifs is 1. The third kappa shape index (κ3) is 5.86. The van der Waals surface area contributed by atoms with Crippen LogP contribution >= 0.6 is 11.8 Å². The van der Waals surface area contributed by atoms with Gasteiger partial charge in [0.1, 0.15) is 17.2 Å². The molecule has 0 saturated carbocycles. The number of rotatable bonds is 9. The molecule has 2 saturated heterocycles. The highest BCUT2D eigenvalue weighted by Crippen LogP contribution is 2.42. The van der Waals surface area contributed by atoms with E-state index >= 15 is 0 Å². The van der Waals surface area contributed by atoms with Crippen LogP contribution in [-0.2, 0) is 23.9 Å². The summed E-state index contributed by atoms with van der Waals surface area (Å²) < 4.78 is 17.3. The van der Waals surface area contributed by atoms with Crippen molar-refractivity contribution in [3.63, 3.8) is 0 Å². The Morgan fingerprint density at radius 2 is 1.50 bits per heavy atom. The molecule has 3 aromatic carbocycles. The first kappa shape index (κ1) is 27.9. The molecule has 2 fully saturated rings. The van der Waals surface area contributed by atoms with Gasteiger partial charge in [-0.15, -0.1) is 11.8 Å². The molecular formula is C32H31N3O6S. The highest BCUT2D eigenvalue weighted by molar-refractivity contribution is 8.00. The fraction of sp³-hybridized carbons (Fsp3) is 0.281. The van der Waals surface area contributed by atoms with Crippen molar-refractivity contribution in [1.82, 2.24) is 15.1 Å². The molecule has 1 N–H and O–H groups in total. The zero-order valence-corrected chi connectivity index (χ0v) is 23.7. The van der Waals surface area contributed by atoms with E-state index in [1.54, 1.807) is 12.1 Å². The van der Waals surface area contributed by atoms with Gasteiger partial charge in [0.2, 0.25) is 0 Å². The van der Waals surface area contributed by atoms with Gasteiger partial charge in [0.25, 0.3) is 11.8 Å². The fourth-order valence-corrected chi connectivity index (χ4v) is 6.68. The van der Waals surface area contributed by atoms with Gasteiger partial charge < -0.3 is 24.4 Å². The molecule has 9 nitrogen and oxygen atoms in total. The van der Waals surface area contributed by atoms with Crippen LogP contribution in [0.25, 0.3) is 0 Å². The van der Waals surface area contributed by atoms with Gasteiger partial charge in [0, 0.05) is 18.8 Å². The van der Waals surface area contributed by atoms with Crippen LogP contribution in [0.3, 0.4) is 0 Å². The number of nitrogens with one attached hydrogen (secondary N) is 1. The summed E-state index contributed by atoms with van der Waals surface area (Å²) in [5.74, 6) is -0.278. The molecule has 3 aliphatic rings. The van der Waals surface area contributed by atoms with Crippen LogP contribution in [0.4, 0.5) is 0 Å². The summed E-state index contributed by atoms with van der Waals surface area (Å²) in [7, 11) is 0. The number of β-lactam (4-membered cyclic amide) rings is 1. The Morgan fingerprint density at radius 3 is 2.12 bits per heavy atom. The SMILES string of the molecule is O=C(COc1ccccc1)N[C@@H]1C(=O)N2C(C(=O)OC(c3ccccc3)c3ccccc3)=C(N3CCOCC3)CS[C@H]12. The van der Waals surface area contributed by atoms with Crippen molar-refractivity contribution in [2.75, 3.05) is 38.7 Å². The number of hydrogen-bond donors (Lipinski definition) is 1. The molecule has 3 aliphatic heterocycles. The number of carbonyl (C=O) groups excluding carboxylic acids is 3. The Hall–Kier alpha value is -4.28. The van der Waals surface area contributed by atoms with E-state index in [4.69, 9.17) is 14.2 Å². The minimum absolute atomic E-state index is 0.217. The maximum atomic E-state index is 14.1. The maximum absolute atomic E-state index is 14.1. The number of hydrogen-bond acceptors (Lipinski definition) is 8. The predicted molar refractivity (Wildman–Crippen MR) is 157 cm³/mol. The summed E-state index contributed by atoms with van der Waals surface area (Å²) in [4.78, 5) is 43.9. The Morgan fingerprint density at radius 1 is 0.905 bits per heavy atom. The minimum Gasteiger partial charge on any atom is -0.484 e. The first-order chi connectivity index (χ1) is 20.6. The highest BCUT2D eigenvalue weighted by Gasteiger charge is 2.55. The molecule has 216 valence electrons. The lowest BCUT2D eigenvalue weighted by Gasteiger charge is -2.51. The van der Waals surface area contributed by atoms with Gasteiger partial charge in [-0.2, -0.15) is 0 Å². The molecule has 2 atom stereocenters. The van der Waals surface area contributed by atoms with E-state index in [9.17, 15) is 14.4 Å². The summed E-state index contributed by atoms with van der Waals surface area (Å²) in [6.45, 7) is 2.06. The fourth-order valence-electron chi connectivity index (χ4n) is 5.30. The number of morpholine rings is 1. The second kappa shape index (κ2) is 12.7. The second-order valence-electron chi connectivity index (χ2n) is 10.1. The monoisotopic (exact) mass is 585 g/mol. The van der Waals surface area contributed by atoms with Crippen LogP contribution in [0.5, 0.6) is 5.75 Å². The molecule has 0 aromatic heterocycles. The zero-order valence-electron chi connectivity index (χ0n) is 22.9. The number of para-hydroxylation sites is 1. The van der Waals surface area contributed by atoms with E-state index in [1.165, 1.54) is 16.7 Å². The van der Waals surface area contributed by atoms with Crippen LogP contribution in [0.2, 0.25) is 0 Å². The minimum atomic E-state index is -0.769. The lowest BCUT2D eigenvalue weighted by molar-refractivity contribution is -0.155. The van der Waals surface area contributed by atoms with Crippen molar-refractivity contribution < 1.29 is 28.6 Å². The van der Waals surface area contributed by atoms with Crippen molar-refractivity contribution >= 4 is 29.5 Å². The number of ether oxygens (including phenoxy) is 3. The van der Waals surface area contributed by atoms with Crippen molar-refractivity contribution in [1.29, 1.82) is 0 Å². The van der Waals surface area contributed by atoms with Crippen LogP contribution in [0, 0.1) is 0 Å². The van der Waals surface area contributed by atoms with Gasteiger partial charge in [0.15, 0.2) is 18.4 Å². The molecule has 3 aromatic rings. The van der Waals surface area contributed by atoms with Crippen LogP contribution in [0.15, 0.2) is 102 Å². The number of benzene rings is 3. The average Bonchev–Trinajstić information content (AvgIpc) is 3.06. The number of carbonyl (C=O) groups is 3. The number of esters is 1. The molecule has 0 aliphatic carbocycles. The number of nitrogens with zero attached hydrogens (tertiary/aromatic N) is 2. The zero-order chi connectivity index (χ0) is 28.9. The largest absolute Gasteiger partial charge is 0.484 e. The highest BCUT2D eigenvalue weighted by atomic mass is 32.2. The first-order valence-electron chi connectivity index (χ1n) is 13.9.